The first kappa shape index (κ1) is 20.7. The van der Waals surface area contributed by atoms with Crippen LogP contribution in [0.3, 0.4) is 0 Å². The first-order valence-electron chi connectivity index (χ1n) is 8.70. The maximum absolute atomic E-state index is 12.2. The first-order chi connectivity index (χ1) is 13.4. The van der Waals surface area contributed by atoms with Gasteiger partial charge in [0, 0.05) is 10.0 Å². The van der Waals surface area contributed by atoms with Gasteiger partial charge in [0.2, 0.25) is 5.91 Å². The maximum atomic E-state index is 12.2. The van der Waals surface area contributed by atoms with Gasteiger partial charge >= 0.3 is 0 Å². The van der Waals surface area contributed by atoms with E-state index in [0.29, 0.717) is 21.6 Å². The standard InChI is InChI=1S/C20H19Cl2N3O2S/c1-12(2)27-16-6-3-13(4-7-16)11-23-25-20-24-19(26)18(28-20)10-14-9-15(21)5-8-17(14)22/h3-9,11-12,18H,10H2,1-2H3,(H,24,25,26)/b23-11-/t18-/m1/s1. The second kappa shape index (κ2) is 9.45. The van der Waals surface area contributed by atoms with E-state index in [2.05, 4.69) is 15.5 Å². The van der Waals surface area contributed by atoms with Crippen molar-refractivity contribution in [2.45, 2.75) is 31.6 Å². The molecule has 1 heterocycles. The molecular weight excluding hydrogens is 417 g/mol. The second-order valence-corrected chi connectivity index (χ2v) is 8.46. The van der Waals surface area contributed by atoms with Crippen molar-refractivity contribution in [3.05, 3.63) is 63.6 Å². The summed E-state index contributed by atoms with van der Waals surface area (Å²) in [5.41, 5.74) is 1.72. The molecule has 0 bridgehead atoms. The number of nitrogens with one attached hydrogen (secondary N) is 1. The van der Waals surface area contributed by atoms with Crippen molar-refractivity contribution in [1.29, 1.82) is 0 Å². The number of hydrogen-bond donors (Lipinski definition) is 1. The molecule has 0 spiro atoms. The van der Waals surface area contributed by atoms with E-state index in [1.165, 1.54) is 11.8 Å². The van der Waals surface area contributed by atoms with Gasteiger partial charge in [0.05, 0.1) is 17.6 Å². The van der Waals surface area contributed by atoms with Gasteiger partial charge in [-0.05, 0) is 73.9 Å². The van der Waals surface area contributed by atoms with Gasteiger partial charge in [0.1, 0.15) is 5.75 Å². The van der Waals surface area contributed by atoms with E-state index < -0.39 is 0 Å². The molecule has 1 saturated heterocycles. The Morgan fingerprint density at radius 3 is 2.68 bits per heavy atom. The fourth-order valence-corrected chi connectivity index (χ4v) is 3.88. The Balaban J connectivity index is 1.60. The van der Waals surface area contributed by atoms with Gasteiger partial charge in [-0.2, -0.15) is 5.10 Å². The zero-order valence-corrected chi connectivity index (χ0v) is 17.7. The SMILES string of the molecule is CC(C)Oc1ccc(/C=N\N=C2\NC(=O)[C@@H](Cc3cc(Cl)ccc3Cl)S2)cc1. The Kier molecular flexibility index (Phi) is 6.99. The molecular formula is C20H19Cl2N3O2S. The molecule has 0 radical (unpaired) electrons. The summed E-state index contributed by atoms with van der Waals surface area (Å²) in [4.78, 5) is 12.2. The van der Waals surface area contributed by atoms with E-state index in [9.17, 15) is 4.79 Å². The number of rotatable bonds is 6. The third-order valence-electron chi connectivity index (χ3n) is 3.80. The zero-order chi connectivity index (χ0) is 20.1. The number of halogens is 2. The lowest BCUT2D eigenvalue weighted by atomic mass is 10.1. The smallest absolute Gasteiger partial charge is 0.239 e. The Bertz CT molecular complexity index is 914. The molecule has 2 aromatic carbocycles. The van der Waals surface area contributed by atoms with Crippen molar-refractivity contribution in [2.24, 2.45) is 10.2 Å². The van der Waals surface area contributed by atoms with Crippen LogP contribution in [-0.2, 0) is 11.2 Å². The van der Waals surface area contributed by atoms with Crippen molar-refractivity contribution in [2.75, 3.05) is 0 Å². The number of amidine groups is 1. The van der Waals surface area contributed by atoms with E-state index in [4.69, 9.17) is 27.9 Å². The number of hydrogen-bond acceptors (Lipinski definition) is 5. The first-order valence-corrected chi connectivity index (χ1v) is 10.3. The molecule has 5 nitrogen and oxygen atoms in total. The summed E-state index contributed by atoms with van der Waals surface area (Å²) in [6.07, 6.45) is 2.22. The lowest BCUT2D eigenvalue weighted by Crippen LogP contribution is -2.26. The third kappa shape index (κ3) is 5.74. The van der Waals surface area contributed by atoms with Crippen LogP contribution in [0.25, 0.3) is 0 Å². The lowest BCUT2D eigenvalue weighted by Gasteiger charge is -2.08. The average Bonchev–Trinajstić information content (AvgIpc) is 2.99. The Morgan fingerprint density at radius 2 is 1.96 bits per heavy atom. The van der Waals surface area contributed by atoms with Crippen LogP contribution < -0.4 is 10.1 Å². The second-order valence-electron chi connectivity index (χ2n) is 6.42. The number of carbonyl (C=O) groups is 1. The molecule has 1 atom stereocenters. The van der Waals surface area contributed by atoms with Crippen LogP contribution in [0.2, 0.25) is 10.0 Å². The largest absolute Gasteiger partial charge is 0.491 e. The Morgan fingerprint density at radius 1 is 1.21 bits per heavy atom. The van der Waals surface area contributed by atoms with E-state index in [0.717, 1.165) is 16.9 Å². The van der Waals surface area contributed by atoms with Crippen LogP contribution in [0.15, 0.2) is 52.7 Å². The van der Waals surface area contributed by atoms with Crippen LogP contribution in [0, 0.1) is 0 Å². The highest BCUT2D eigenvalue weighted by Gasteiger charge is 2.31. The quantitative estimate of drug-likeness (QED) is 0.515. The van der Waals surface area contributed by atoms with E-state index in [-0.39, 0.29) is 17.3 Å². The van der Waals surface area contributed by atoms with Crippen molar-refractivity contribution in [1.82, 2.24) is 5.32 Å². The molecule has 3 rings (SSSR count). The number of ether oxygens (including phenoxy) is 1. The van der Waals surface area contributed by atoms with Crippen LogP contribution in [-0.4, -0.2) is 28.6 Å². The van der Waals surface area contributed by atoms with Crippen LogP contribution >= 0.6 is 35.0 Å². The van der Waals surface area contributed by atoms with Gasteiger partial charge in [-0.3, -0.25) is 4.79 Å². The van der Waals surface area contributed by atoms with Crippen LogP contribution in [0.1, 0.15) is 25.0 Å². The van der Waals surface area contributed by atoms with E-state index in [1.54, 1.807) is 24.4 Å². The number of nitrogens with zero attached hydrogens (tertiary/aromatic N) is 2. The number of thioether (sulfide) groups is 1. The van der Waals surface area contributed by atoms with E-state index >= 15 is 0 Å². The molecule has 0 aromatic heterocycles. The summed E-state index contributed by atoms with van der Waals surface area (Å²) in [5, 5.41) is 12.2. The summed E-state index contributed by atoms with van der Waals surface area (Å²) < 4.78 is 5.60. The molecule has 0 unspecified atom stereocenters. The molecule has 1 fully saturated rings. The molecule has 0 saturated carbocycles. The molecule has 28 heavy (non-hydrogen) atoms. The monoisotopic (exact) mass is 435 g/mol. The number of carbonyl (C=O) groups excluding carboxylic acids is 1. The number of amides is 1. The highest BCUT2D eigenvalue weighted by Crippen LogP contribution is 2.28. The minimum atomic E-state index is -0.322. The lowest BCUT2D eigenvalue weighted by molar-refractivity contribution is -0.118. The average molecular weight is 436 g/mol. The zero-order valence-electron chi connectivity index (χ0n) is 15.4. The van der Waals surface area contributed by atoms with Crippen LogP contribution in [0.4, 0.5) is 0 Å². The van der Waals surface area contributed by atoms with Gasteiger partial charge < -0.3 is 10.1 Å². The van der Waals surface area contributed by atoms with Crippen molar-refractivity contribution < 1.29 is 9.53 Å². The van der Waals surface area contributed by atoms with Gasteiger partial charge in [-0.1, -0.05) is 35.0 Å². The molecule has 1 N–H and O–H groups in total. The molecule has 2 aromatic rings. The molecule has 8 heteroatoms. The molecule has 146 valence electrons. The minimum absolute atomic E-state index is 0.120. The minimum Gasteiger partial charge on any atom is -0.491 e. The van der Waals surface area contributed by atoms with E-state index in [1.807, 2.05) is 38.1 Å². The predicted octanol–water partition coefficient (Wildman–Crippen LogP) is 4.94. The topological polar surface area (TPSA) is 63.1 Å². The summed E-state index contributed by atoms with van der Waals surface area (Å²) >= 11 is 13.5. The molecule has 1 aliphatic heterocycles. The van der Waals surface area contributed by atoms with Gasteiger partial charge in [0.15, 0.2) is 5.17 Å². The summed E-state index contributed by atoms with van der Waals surface area (Å²) in [7, 11) is 0. The highest BCUT2D eigenvalue weighted by molar-refractivity contribution is 8.15. The highest BCUT2D eigenvalue weighted by atomic mass is 35.5. The predicted molar refractivity (Wildman–Crippen MR) is 117 cm³/mol. The molecule has 1 aliphatic rings. The summed E-state index contributed by atoms with van der Waals surface area (Å²) in [5.74, 6) is 0.685. The van der Waals surface area contributed by atoms with Crippen molar-refractivity contribution in [3.8, 4) is 5.75 Å². The summed E-state index contributed by atoms with van der Waals surface area (Å²) in [6.45, 7) is 3.96. The van der Waals surface area contributed by atoms with Gasteiger partial charge in [0.25, 0.3) is 0 Å². The molecule has 0 aliphatic carbocycles. The van der Waals surface area contributed by atoms with Crippen molar-refractivity contribution in [3.63, 3.8) is 0 Å². The Labute approximate surface area is 178 Å². The number of benzene rings is 2. The fourth-order valence-electron chi connectivity index (χ4n) is 2.54. The maximum Gasteiger partial charge on any atom is 0.239 e. The van der Waals surface area contributed by atoms with Gasteiger partial charge in [-0.25, -0.2) is 0 Å². The van der Waals surface area contributed by atoms with Crippen LogP contribution in [0.5, 0.6) is 5.75 Å². The summed E-state index contributed by atoms with van der Waals surface area (Å²) in [6, 6.07) is 12.8. The fraction of sp³-hybridized carbons (Fsp3) is 0.250. The molecule has 1 amide bonds. The Hall–Kier alpha value is -2.02. The normalized spacial score (nSPS) is 18.2. The third-order valence-corrected chi connectivity index (χ3v) is 5.47. The van der Waals surface area contributed by atoms with Crippen molar-refractivity contribution >= 4 is 52.3 Å². The van der Waals surface area contributed by atoms with Gasteiger partial charge in [-0.15, -0.1) is 5.10 Å².